The molecule has 1 aliphatic rings. The first kappa shape index (κ1) is 19.7. The van der Waals surface area contributed by atoms with Crippen LogP contribution in [0.1, 0.15) is 38.6 Å². The lowest BCUT2D eigenvalue weighted by Gasteiger charge is -2.26. The zero-order chi connectivity index (χ0) is 18.8. The Morgan fingerprint density at radius 1 is 1.36 bits per heavy atom. The lowest BCUT2D eigenvalue weighted by atomic mass is 10.2. The Balaban J connectivity index is 2.06. The average Bonchev–Trinajstić information content (AvgIpc) is 2.74. The van der Waals surface area contributed by atoms with E-state index in [4.69, 9.17) is 4.74 Å². The highest BCUT2D eigenvalue weighted by Crippen LogP contribution is 2.17. The van der Waals surface area contributed by atoms with Crippen LogP contribution in [0.2, 0.25) is 0 Å². The third-order valence-electron chi connectivity index (χ3n) is 3.63. The van der Waals surface area contributed by atoms with E-state index in [-0.39, 0.29) is 12.6 Å². The van der Waals surface area contributed by atoms with Crippen molar-refractivity contribution < 1.29 is 17.9 Å². The SMILES string of the molecule is CN(C)S(=O)(=O)NCc1cc2n(n1)CCCN(C(=O)OC(C)(C)C)C2. The summed E-state index contributed by atoms with van der Waals surface area (Å²) in [5, 5.41) is 4.43. The molecule has 9 nitrogen and oxygen atoms in total. The molecule has 2 heterocycles. The smallest absolute Gasteiger partial charge is 0.410 e. The van der Waals surface area contributed by atoms with E-state index in [9.17, 15) is 13.2 Å². The number of aryl methyl sites for hydroxylation is 1. The summed E-state index contributed by atoms with van der Waals surface area (Å²) in [7, 11) is -0.577. The Kier molecular flexibility index (Phi) is 5.75. The predicted molar refractivity (Wildman–Crippen MR) is 92.9 cm³/mol. The minimum absolute atomic E-state index is 0.104. The summed E-state index contributed by atoms with van der Waals surface area (Å²) >= 11 is 0. The van der Waals surface area contributed by atoms with Crippen LogP contribution in [0.15, 0.2) is 6.07 Å². The van der Waals surface area contributed by atoms with Crippen molar-refractivity contribution in [1.29, 1.82) is 0 Å². The Morgan fingerprint density at radius 2 is 2.04 bits per heavy atom. The van der Waals surface area contributed by atoms with E-state index < -0.39 is 15.8 Å². The number of amides is 1. The number of nitrogens with one attached hydrogen (secondary N) is 1. The monoisotopic (exact) mass is 373 g/mol. The zero-order valence-corrected chi connectivity index (χ0v) is 16.3. The molecule has 1 amide bonds. The Labute approximate surface area is 149 Å². The number of nitrogens with zero attached hydrogens (tertiary/aromatic N) is 4. The van der Waals surface area contributed by atoms with Crippen LogP contribution in [-0.4, -0.2) is 59.7 Å². The van der Waals surface area contributed by atoms with Gasteiger partial charge in [-0.15, -0.1) is 0 Å². The highest BCUT2D eigenvalue weighted by molar-refractivity contribution is 7.87. The van der Waals surface area contributed by atoms with Crippen molar-refractivity contribution >= 4 is 16.3 Å². The number of rotatable bonds is 4. The van der Waals surface area contributed by atoms with Gasteiger partial charge < -0.3 is 9.64 Å². The van der Waals surface area contributed by atoms with Crippen LogP contribution in [0.25, 0.3) is 0 Å². The molecular formula is C15H27N5O4S. The van der Waals surface area contributed by atoms with Crippen molar-refractivity contribution in [2.75, 3.05) is 20.6 Å². The second-order valence-electron chi connectivity index (χ2n) is 7.21. The number of ether oxygens (including phenoxy) is 1. The molecule has 0 saturated heterocycles. The Hall–Kier alpha value is -1.65. The van der Waals surface area contributed by atoms with E-state index in [0.29, 0.717) is 25.3 Å². The van der Waals surface area contributed by atoms with Crippen molar-refractivity contribution in [3.8, 4) is 0 Å². The van der Waals surface area contributed by atoms with Gasteiger partial charge >= 0.3 is 6.09 Å². The van der Waals surface area contributed by atoms with E-state index in [1.165, 1.54) is 14.1 Å². The fourth-order valence-corrected chi connectivity index (χ4v) is 2.97. The van der Waals surface area contributed by atoms with Crippen LogP contribution in [0.4, 0.5) is 4.79 Å². The fraction of sp³-hybridized carbons (Fsp3) is 0.733. The third-order valence-corrected chi connectivity index (χ3v) is 5.10. The van der Waals surface area contributed by atoms with Gasteiger partial charge in [0.05, 0.1) is 24.5 Å². The van der Waals surface area contributed by atoms with Crippen LogP contribution in [0.5, 0.6) is 0 Å². The van der Waals surface area contributed by atoms with Gasteiger partial charge in [0.1, 0.15) is 5.60 Å². The largest absolute Gasteiger partial charge is 0.444 e. The molecule has 0 aromatic carbocycles. The van der Waals surface area contributed by atoms with Crippen molar-refractivity contribution in [2.24, 2.45) is 0 Å². The maximum Gasteiger partial charge on any atom is 0.410 e. The second kappa shape index (κ2) is 7.30. The Bertz CT molecular complexity index is 721. The standard InChI is InChI=1S/C15H27N5O4S/c1-15(2,3)24-14(21)19-7-6-8-20-13(11-19)9-12(17-20)10-16-25(22,23)18(4)5/h9,16H,6-8,10-11H2,1-5H3. The van der Waals surface area contributed by atoms with Gasteiger partial charge in [-0.05, 0) is 33.3 Å². The van der Waals surface area contributed by atoms with Gasteiger partial charge in [-0.1, -0.05) is 0 Å². The molecule has 142 valence electrons. The molecule has 10 heteroatoms. The van der Waals surface area contributed by atoms with Crippen molar-refractivity contribution in [3.63, 3.8) is 0 Å². The summed E-state index contributed by atoms with van der Waals surface area (Å²) in [6, 6.07) is 1.82. The molecule has 0 radical (unpaired) electrons. The van der Waals surface area contributed by atoms with E-state index in [0.717, 1.165) is 16.4 Å². The molecule has 0 fully saturated rings. The van der Waals surface area contributed by atoms with Crippen molar-refractivity contribution in [1.82, 2.24) is 23.7 Å². The average molecular weight is 373 g/mol. The highest BCUT2D eigenvalue weighted by atomic mass is 32.2. The number of hydrogen-bond acceptors (Lipinski definition) is 5. The molecule has 0 atom stereocenters. The summed E-state index contributed by atoms with van der Waals surface area (Å²) < 4.78 is 34.4. The summed E-state index contributed by atoms with van der Waals surface area (Å²) in [6.45, 7) is 7.27. The number of hydrogen-bond donors (Lipinski definition) is 1. The Morgan fingerprint density at radius 3 is 2.64 bits per heavy atom. The molecule has 1 aromatic rings. The maximum absolute atomic E-state index is 12.3. The van der Waals surface area contributed by atoms with Gasteiger partial charge in [-0.2, -0.15) is 22.5 Å². The fourth-order valence-electron chi connectivity index (χ4n) is 2.38. The molecule has 0 saturated carbocycles. The molecule has 2 rings (SSSR count). The van der Waals surface area contributed by atoms with Crippen LogP contribution < -0.4 is 4.72 Å². The molecule has 1 N–H and O–H groups in total. The van der Waals surface area contributed by atoms with Crippen LogP contribution in [0, 0.1) is 0 Å². The summed E-state index contributed by atoms with van der Waals surface area (Å²) in [6.07, 6.45) is 0.411. The van der Waals surface area contributed by atoms with E-state index in [1.54, 1.807) is 4.90 Å². The number of carbonyl (C=O) groups is 1. The molecule has 0 bridgehead atoms. The first-order chi connectivity index (χ1) is 11.5. The quantitative estimate of drug-likeness (QED) is 0.846. The highest BCUT2D eigenvalue weighted by Gasteiger charge is 2.25. The second-order valence-corrected chi connectivity index (χ2v) is 9.18. The van der Waals surface area contributed by atoms with Gasteiger partial charge in [0.2, 0.25) is 0 Å². The van der Waals surface area contributed by atoms with Gasteiger partial charge in [-0.25, -0.2) is 4.79 Å². The molecule has 0 spiro atoms. The van der Waals surface area contributed by atoms with Crippen LogP contribution in [-0.2, 0) is 34.6 Å². The minimum atomic E-state index is -3.50. The summed E-state index contributed by atoms with van der Waals surface area (Å²) in [5.74, 6) is 0. The number of carbonyl (C=O) groups excluding carboxylic acids is 1. The third kappa shape index (κ3) is 5.41. The lowest BCUT2D eigenvalue weighted by Crippen LogP contribution is -2.36. The first-order valence-corrected chi connectivity index (χ1v) is 9.62. The van der Waals surface area contributed by atoms with Crippen molar-refractivity contribution in [3.05, 3.63) is 17.5 Å². The topological polar surface area (TPSA) is 96.8 Å². The number of aromatic nitrogens is 2. The van der Waals surface area contributed by atoms with E-state index >= 15 is 0 Å². The molecular weight excluding hydrogens is 346 g/mol. The number of fused-ring (bicyclic) bond motifs is 1. The zero-order valence-electron chi connectivity index (χ0n) is 15.4. The molecule has 0 aliphatic carbocycles. The normalized spacial score (nSPS) is 15.8. The first-order valence-electron chi connectivity index (χ1n) is 8.18. The lowest BCUT2D eigenvalue weighted by molar-refractivity contribution is 0.0236. The van der Waals surface area contributed by atoms with Crippen molar-refractivity contribution in [2.45, 2.75) is 52.4 Å². The molecule has 1 aromatic heterocycles. The van der Waals surface area contributed by atoms with Crippen LogP contribution >= 0.6 is 0 Å². The predicted octanol–water partition coefficient (Wildman–Crippen LogP) is 0.920. The van der Waals surface area contributed by atoms with Crippen LogP contribution in [0.3, 0.4) is 0 Å². The van der Waals surface area contributed by atoms with Gasteiger partial charge in [-0.3, -0.25) is 4.68 Å². The maximum atomic E-state index is 12.3. The minimum Gasteiger partial charge on any atom is -0.444 e. The van der Waals surface area contributed by atoms with E-state index in [2.05, 4.69) is 9.82 Å². The summed E-state index contributed by atoms with van der Waals surface area (Å²) in [4.78, 5) is 13.9. The molecule has 1 aliphatic heterocycles. The van der Waals surface area contributed by atoms with E-state index in [1.807, 2.05) is 31.5 Å². The van der Waals surface area contributed by atoms with Gasteiger partial charge in [0, 0.05) is 27.2 Å². The molecule has 25 heavy (non-hydrogen) atoms. The van der Waals surface area contributed by atoms with Gasteiger partial charge in [0.25, 0.3) is 10.2 Å². The molecule has 0 unspecified atom stereocenters. The summed E-state index contributed by atoms with van der Waals surface area (Å²) in [5.41, 5.74) is 0.938. The van der Waals surface area contributed by atoms with Gasteiger partial charge in [0.15, 0.2) is 0 Å².